The molecule has 43 heavy (non-hydrogen) atoms. The molecule has 1 aliphatic heterocycles. The van der Waals surface area contributed by atoms with Crippen LogP contribution in [-0.2, 0) is 53.2 Å². The van der Waals surface area contributed by atoms with Gasteiger partial charge in [0.25, 0.3) is 0 Å². The van der Waals surface area contributed by atoms with E-state index in [4.69, 9.17) is 28.4 Å². The van der Waals surface area contributed by atoms with E-state index in [1.54, 1.807) is 0 Å². The highest BCUT2D eigenvalue weighted by Gasteiger charge is 2.54. The highest BCUT2D eigenvalue weighted by atomic mass is 16.7. The van der Waals surface area contributed by atoms with Crippen molar-refractivity contribution in [2.45, 2.75) is 64.0 Å². The van der Waals surface area contributed by atoms with Crippen LogP contribution in [0.4, 0.5) is 0 Å². The zero-order valence-corrected chi connectivity index (χ0v) is 24.3. The van der Waals surface area contributed by atoms with E-state index in [-0.39, 0.29) is 6.61 Å². The SMILES string of the molecule is CC(=O)O[C@@H]1O[C@H](COC(c2ccccc2)(c2ccccc2)c2ccccc2)[C@@H](OC(C)=O)[C@@H](OC(C)=O)[C@H]1OC(C)=O. The van der Waals surface area contributed by atoms with Gasteiger partial charge in [-0.15, -0.1) is 0 Å². The lowest BCUT2D eigenvalue weighted by atomic mass is 9.80. The van der Waals surface area contributed by atoms with Crippen LogP contribution in [0.25, 0.3) is 0 Å². The van der Waals surface area contributed by atoms with Crippen molar-refractivity contribution in [1.29, 1.82) is 0 Å². The molecular formula is C33H34O10. The van der Waals surface area contributed by atoms with Crippen LogP contribution in [0.2, 0.25) is 0 Å². The molecule has 5 atom stereocenters. The Balaban J connectivity index is 1.83. The summed E-state index contributed by atoms with van der Waals surface area (Å²) in [6.07, 6.45) is -6.73. The number of rotatable bonds is 10. The second-order valence-electron chi connectivity index (χ2n) is 9.96. The Labute approximate surface area is 249 Å². The number of ether oxygens (including phenoxy) is 6. The Morgan fingerprint density at radius 1 is 0.558 bits per heavy atom. The molecule has 0 unspecified atom stereocenters. The zero-order valence-electron chi connectivity index (χ0n) is 24.3. The molecule has 1 saturated heterocycles. The molecule has 4 rings (SSSR count). The van der Waals surface area contributed by atoms with Crippen LogP contribution < -0.4 is 0 Å². The largest absolute Gasteiger partial charge is 0.456 e. The van der Waals surface area contributed by atoms with E-state index in [0.29, 0.717) is 0 Å². The fraction of sp³-hybridized carbons (Fsp3) is 0.333. The molecule has 1 heterocycles. The quantitative estimate of drug-likeness (QED) is 0.194. The highest BCUT2D eigenvalue weighted by molar-refractivity contribution is 5.69. The van der Waals surface area contributed by atoms with Gasteiger partial charge in [-0.2, -0.15) is 0 Å². The van der Waals surface area contributed by atoms with Crippen molar-refractivity contribution in [1.82, 2.24) is 0 Å². The molecule has 0 aliphatic carbocycles. The Morgan fingerprint density at radius 2 is 0.930 bits per heavy atom. The van der Waals surface area contributed by atoms with Crippen LogP contribution in [0.15, 0.2) is 91.0 Å². The molecule has 10 nitrogen and oxygen atoms in total. The Morgan fingerprint density at radius 3 is 1.33 bits per heavy atom. The first kappa shape index (κ1) is 31.4. The minimum Gasteiger partial charge on any atom is -0.456 e. The number of carbonyl (C=O) groups is 4. The summed E-state index contributed by atoms with van der Waals surface area (Å²) in [5.41, 5.74) is 1.24. The molecule has 0 spiro atoms. The number of benzene rings is 3. The first-order valence-corrected chi connectivity index (χ1v) is 13.8. The molecule has 226 valence electrons. The van der Waals surface area contributed by atoms with E-state index >= 15 is 0 Å². The average Bonchev–Trinajstić information content (AvgIpc) is 2.97. The van der Waals surface area contributed by atoms with Crippen molar-refractivity contribution >= 4 is 23.9 Å². The van der Waals surface area contributed by atoms with Crippen molar-refractivity contribution in [2.75, 3.05) is 6.61 Å². The van der Waals surface area contributed by atoms with Gasteiger partial charge in [-0.1, -0.05) is 91.0 Å². The lowest BCUT2D eigenvalue weighted by Crippen LogP contribution is -2.63. The first-order chi connectivity index (χ1) is 20.6. The number of carbonyl (C=O) groups excluding carboxylic acids is 4. The zero-order chi connectivity index (χ0) is 31.0. The van der Waals surface area contributed by atoms with Crippen LogP contribution in [0.5, 0.6) is 0 Å². The monoisotopic (exact) mass is 590 g/mol. The minimum atomic E-state index is -1.49. The molecule has 10 heteroatoms. The highest BCUT2D eigenvalue weighted by Crippen LogP contribution is 2.41. The third-order valence-electron chi connectivity index (χ3n) is 6.78. The normalized spacial score (nSPS) is 21.7. The average molecular weight is 591 g/mol. The molecule has 0 N–H and O–H groups in total. The molecule has 1 fully saturated rings. The third-order valence-corrected chi connectivity index (χ3v) is 6.78. The van der Waals surface area contributed by atoms with Gasteiger partial charge >= 0.3 is 23.9 Å². The van der Waals surface area contributed by atoms with Crippen LogP contribution >= 0.6 is 0 Å². The molecular weight excluding hydrogens is 556 g/mol. The maximum Gasteiger partial charge on any atom is 0.305 e. The van der Waals surface area contributed by atoms with E-state index in [1.807, 2.05) is 91.0 Å². The summed E-state index contributed by atoms with van der Waals surface area (Å²) in [7, 11) is 0. The number of esters is 4. The standard InChI is InChI=1S/C33H34O10/c1-21(34)39-29-28(43-32(42-24(4)37)31(41-23(3)36)30(29)40-22(2)35)20-38-33(25-14-8-5-9-15-25,26-16-10-6-11-17-26)27-18-12-7-13-19-27/h5-19,28-32H,20H2,1-4H3/t28-,29-,30-,31-,32-/m1/s1. The van der Waals surface area contributed by atoms with Crippen LogP contribution in [0.3, 0.4) is 0 Å². The second-order valence-corrected chi connectivity index (χ2v) is 9.96. The van der Waals surface area contributed by atoms with Crippen molar-refractivity contribution in [3.63, 3.8) is 0 Å². The van der Waals surface area contributed by atoms with Gasteiger partial charge in [0.15, 0.2) is 12.2 Å². The fourth-order valence-corrected chi connectivity index (χ4v) is 5.22. The minimum absolute atomic E-state index is 0.237. The molecule has 3 aromatic rings. The van der Waals surface area contributed by atoms with Gasteiger partial charge < -0.3 is 28.4 Å². The van der Waals surface area contributed by atoms with E-state index < -0.39 is 60.2 Å². The molecule has 0 bridgehead atoms. The summed E-state index contributed by atoms with van der Waals surface area (Å²) in [6.45, 7) is 4.40. The summed E-state index contributed by atoms with van der Waals surface area (Å²) < 4.78 is 34.9. The number of hydrogen-bond donors (Lipinski definition) is 0. The van der Waals surface area contributed by atoms with E-state index in [9.17, 15) is 19.2 Å². The summed E-state index contributed by atoms with van der Waals surface area (Å²) in [6, 6.07) is 28.7. The molecule has 0 aromatic heterocycles. The maximum absolute atomic E-state index is 12.3. The van der Waals surface area contributed by atoms with Gasteiger partial charge in [0, 0.05) is 27.7 Å². The van der Waals surface area contributed by atoms with Crippen LogP contribution in [0, 0.1) is 0 Å². The van der Waals surface area contributed by atoms with E-state index in [0.717, 1.165) is 37.5 Å². The van der Waals surface area contributed by atoms with Gasteiger partial charge in [0.1, 0.15) is 11.7 Å². The van der Waals surface area contributed by atoms with Gasteiger partial charge in [-0.05, 0) is 16.7 Å². The third kappa shape index (κ3) is 7.46. The summed E-state index contributed by atoms with van der Waals surface area (Å²) >= 11 is 0. The van der Waals surface area contributed by atoms with Gasteiger partial charge in [-0.3, -0.25) is 19.2 Å². The Kier molecular flexibility index (Phi) is 10.3. The van der Waals surface area contributed by atoms with Crippen LogP contribution in [-0.4, -0.2) is 61.2 Å². The molecule has 0 radical (unpaired) electrons. The summed E-state index contributed by atoms with van der Waals surface area (Å²) in [4.78, 5) is 48.6. The Bertz CT molecular complexity index is 1300. The lowest BCUT2D eigenvalue weighted by Gasteiger charge is -2.45. The predicted octanol–water partition coefficient (Wildman–Crippen LogP) is 4.08. The molecule has 1 aliphatic rings. The van der Waals surface area contributed by atoms with Crippen molar-refractivity contribution in [2.24, 2.45) is 0 Å². The molecule has 0 amide bonds. The maximum atomic E-state index is 12.3. The predicted molar refractivity (Wildman–Crippen MR) is 152 cm³/mol. The number of hydrogen-bond acceptors (Lipinski definition) is 10. The lowest BCUT2D eigenvalue weighted by molar-refractivity contribution is -0.303. The first-order valence-electron chi connectivity index (χ1n) is 13.8. The van der Waals surface area contributed by atoms with Gasteiger partial charge in [0.05, 0.1) is 6.61 Å². The van der Waals surface area contributed by atoms with Crippen molar-refractivity contribution < 1.29 is 47.6 Å². The van der Waals surface area contributed by atoms with Gasteiger partial charge in [0.2, 0.25) is 12.4 Å². The summed E-state index contributed by atoms with van der Waals surface area (Å²) in [5, 5.41) is 0. The molecule has 0 saturated carbocycles. The van der Waals surface area contributed by atoms with Crippen LogP contribution in [0.1, 0.15) is 44.4 Å². The van der Waals surface area contributed by atoms with Crippen molar-refractivity contribution in [3.8, 4) is 0 Å². The van der Waals surface area contributed by atoms with Crippen molar-refractivity contribution in [3.05, 3.63) is 108 Å². The smallest absolute Gasteiger partial charge is 0.305 e. The fourth-order valence-electron chi connectivity index (χ4n) is 5.22. The van der Waals surface area contributed by atoms with E-state index in [1.165, 1.54) is 6.92 Å². The second kappa shape index (κ2) is 14.1. The Hall–Kier alpha value is -4.54. The molecule has 3 aromatic carbocycles. The summed E-state index contributed by atoms with van der Waals surface area (Å²) in [5.74, 6) is -2.93. The van der Waals surface area contributed by atoms with E-state index in [2.05, 4.69) is 0 Å². The topological polar surface area (TPSA) is 124 Å². The van der Waals surface area contributed by atoms with Gasteiger partial charge in [-0.25, -0.2) is 0 Å².